The van der Waals surface area contributed by atoms with Gasteiger partial charge in [-0.3, -0.25) is 4.79 Å². The zero-order valence-electron chi connectivity index (χ0n) is 12.1. The van der Waals surface area contributed by atoms with Gasteiger partial charge in [0.1, 0.15) is 0 Å². The van der Waals surface area contributed by atoms with Crippen molar-refractivity contribution in [3.8, 4) is 0 Å². The van der Waals surface area contributed by atoms with Crippen LogP contribution in [0.3, 0.4) is 0 Å². The van der Waals surface area contributed by atoms with Crippen molar-refractivity contribution in [2.24, 2.45) is 11.7 Å². The van der Waals surface area contributed by atoms with E-state index in [-0.39, 0.29) is 24.2 Å². The lowest BCUT2D eigenvalue weighted by molar-refractivity contribution is -0.118. The summed E-state index contributed by atoms with van der Waals surface area (Å²) in [5.41, 5.74) is 7.02. The Bertz CT molecular complexity index is 422. The van der Waals surface area contributed by atoms with E-state index >= 15 is 0 Å². The van der Waals surface area contributed by atoms with Crippen LogP contribution < -0.4 is 11.1 Å². The number of halogens is 1. The molecule has 0 spiro atoms. The van der Waals surface area contributed by atoms with Crippen LogP contribution in [-0.2, 0) is 17.6 Å². The number of carbonyl (C=O) groups is 1. The second kappa shape index (κ2) is 7.96. The maximum atomic E-state index is 11.9. The van der Waals surface area contributed by atoms with E-state index in [1.165, 1.54) is 36.3 Å². The molecule has 3 N–H and O–H groups in total. The Morgan fingerprint density at radius 1 is 1.25 bits per heavy atom. The zero-order valence-corrected chi connectivity index (χ0v) is 13.8. The van der Waals surface area contributed by atoms with Crippen LogP contribution in [0.1, 0.15) is 50.1 Å². The fourth-order valence-corrected chi connectivity index (χ4v) is 3.30. The Kier molecular flexibility index (Phi) is 6.92. The molecule has 0 radical (unpaired) electrons. The van der Waals surface area contributed by atoms with E-state index in [0.29, 0.717) is 5.13 Å². The molecule has 0 unspecified atom stereocenters. The number of hydrogen-bond acceptors (Lipinski definition) is 4. The number of rotatable bonds is 3. The Balaban J connectivity index is 0.00000200. The van der Waals surface area contributed by atoms with Gasteiger partial charge in [0.25, 0.3) is 0 Å². The number of aromatic nitrogens is 1. The van der Waals surface area contributed by atoms with Crippen LogP contribution in [0, 0.1) is 5.92 Å². The number of aryl methyl sites for hydroxylation is 2. The first-order valence-corrected chi connectivity index (χ1v) is 7.94. The minimum atomic E-state index is -0.466. The van der Waals surface area contributed by atoms with Gasteiger partial charge in [-0.15, -0.1) is 23.7 Å². The quantitative estimate of drug-likeness (QED) is 0.900. The summed E-state index contributed by atoms with van der Waals surface area (Å²) in [6.07, 6.45) is 7.16. The first-order chi connectivity index (χ1) is 9.08. The summed E-state index contributed by atoms with van der Waals surface area (Å²) in [6.45, 7) is 3.90. The average molecular weight is 318 g/mol. The lowest BCUT2D eigenvalue weighted by Gasteiger charge is -2.13. The highest BCUT2D eigenvalue weighted by Gasteiger charge is 2.20. The molecular weight excluding hydrogens is 294 g/mol. The molecule has 0 aliphatic heterocycles. The Labute approximate surface area is 131 Å². The summed E-state index contributed by atoms with van der Waals surface area (Å²) in [7, 11) is 0. The minimum absolute atomic E-state index is 0. The lowest BCUT2D eigenvalue weighted by atomic mass is 10.0. The van der Waals surface area contributed by atoms with Crippen molar-refractivity contribution in [3.63, 3.8) is 0 Å². The third kappa shape index (κ3) is 4.43. The van der Waals surface area contributed by atoms with Crippen molar-refractivity contribution < 1.29 is 4.79 Å². The molecule has 0 saturated carbocycles. The van der Waals surface area contributed by atoms with Crippen LogP contribution in [0.4, 0.5) is 5.13 Å². The SMILES string of the molecule is CC(C)[C@H](N)C(=O)Nc1nc2c(s1)CCCCCC2.Cl. The Morgan fingerprint density at radius 2 is 1.90 bits per heavy atom. The molecule has 114 valence electrons. The monoisotopic (exact) mass is 317 g/mol. The Morgan fingerprint density at radius 3 is 2.55 bits per heavy atom. The number of nitrogens with two attached hydrogens (primary N) is 1. The fourth-order valence-electron chi connectivity index (χ4n) is 2.25. The van der Waals surface area contributed by atoms with Gasteiger partial charge in [-0.1, -0.05) is 26.7 Å². The number of anilines is 1. The minimum Gasteiger partial charge on any atom is -0.320 e. The largest absolute Gasteiger partial charge is 0.320 e. The van der Waals surface area contributed by atoms with Crippen LogP contribution >= 0.6 is 23.7 Å². The van der Waals surface area contributed by atoms with Gasteiger partial charge in [0, 0.05) is 4.88 Å². The highest BCUT2D eigenvalue weighted by Crippen LogP contribution is 2.28. The number of thiazole rings is 1. The Hall–Kier alpha value is -0.650. The van der Waals surface area contributed by atoms with Crippen LogP contribution in [0.15, 0.2) is 0 Å². The van der Waals surface area contributed by atoms with E-state index in [1.54, 1.807) is 11.3 Å². The molecule has 20 heavy (non-hydrogen) atoms. The highest BCUT2D eigenvalue weighted by atomic mass is 35.5. The van der Waals surface area contributed by atoms with Gasteiger partial charge in [0.15, 0.2) is 5.13 Å². The molecule has 1 aromatic rings. The first kappa shape index (κ1) is 17.4. The van der Waals surface area contributed by atoms with Gasteiger partial charge >= 0.3 is 0 Å². The van der Waals surface area contributed by atoms with Gasteiger partial charge in [0.05, 0.1) is 11.7 Å². The molecule has 0 bridgehead atoms. The van der Waals surface area contributed by atoms with E-state index in [0.717, 1.165) is 12.8 Å². The van der Waals surface area contributed by atoms with Crippen molar-refractivity contribution in [1.82, 2.24) is 4.98 Å². The summed E-state index contributed by atoms with van der Waals surface area (Å²) in [4.78, 5) is 17.8. The molecule has 1 heterocycles. The third-order valence-electron chi connectivity index (χ3n) is 3.60. The molecule has 6 heteroatoms. The maximum Gasteiger partial charge on any atom is 0.243 e. The van der Waals surface area contributed by atoms with Crippen LogP contribution in [0.2, 0.25) is 0 Å². The van der Waals surface area contributed by atoms with Crippen molar-refractivity contribution in [3.05, 3.63) is 10.6 Å². The van der Waals surface area contributed by atoms with E-state index < -0.39 is 6.04 Å². The zero-order chi connectivity index (χ0) is 13.8. The number of fused-ring (bicyclic) bond motifs is 1. The molecule has 0 aromatic carbocycles. The molecule has 1 atom stereocenters. The third-order valence-corrected chi connectivity index (χ3v) is 4.67. The number of carbonyl (C=O) groups excluding carboxylic acids is 1. The van der Waals surface area contributed by atoms with Crippen molar-refractivity contribution in [2.75, 3.05) is 5.32 Å². The van der Waals surface area contributed by atoms with Crippen LogP contribution in [-0.4, -0.2) is 16.9 Å². The second-order valence-electron chi connectivity index (χ2n) is 5.56. The molecule has 1 amide bonds. The molecule has 2 rings (SSSR count). The number of hydrogen-bond donors (Lipinski definition) is 2. The second-order valence-corrected chi connectivity index (χ2v) is 6.65. The fraction of sp³-hybridized carbons (Fsp3) is 0.714. The van der Waals surface area contributed by atoms with Gasteiger partial charge in [-0.25, -0.2) is 4.98 Å². The van der Waals surface area contributed by atoms with Gasteiger partial charge < -0.3 is 11.1 Å². The van der Waals surface area contributed by atoms with Crippen LogP contribution in [0.5, 0.6) is 0 Å². The number of nitrogens with zero attached hydrogens (tertiary/aromatic N) is 1. The summed E-state index contributed by atoms with van der Waals surface area (Å²) in [6, 6.07) is -0.466. The van der Waals surface area contributed by atoms with Crippen LogP contribution in [0.25, 0.3) is 0 Å². The summed E-state index contributed by atoms with van der Waals surface area (Å²) in [5.74, 6) is 0.0118. The molecule has 1 aromatic heterocycles. The highest BCUT2D eigenvalue weighted by molar-refractivity contribution is 7.15. The maximum absolute atomic E-state index is 11.9. The standard InChI is InChI=1S/C14H23N3OS.ClH/c1-9(2)12(15)13(18)17-14-16-10-7-5-3-4-6-8-11(10)19-14;/h9,12H,3-8,15H2,1-2H3,(H,16,17,18);1H/t12-;/m0./s1. The topological polar surface area (TPSA) is 68.0 Å². The predicted molar refractivity (Wildman–Crippen MR) is 86.7 cm³/mol. The smallest absolute Gasteiger partial charge is 0.243 e. The van der Waals surface area contributed by atoms with E-state index in [1.807, 2.05) is 13.8 Å². The van der Waals surface area contributed by atoms with Crippen molar-refractivity contribution in [1.29, 1.82) is 0 Å². The molecular formula is C14H24ClN3OS. The molecule has 1 aliphatic carbocycles. The van der Waals surface area contributed by atoms with Gasteiger partial charge in [-0.2, -0.15) is 0 Å². The van der Waals surface area contributed by atoms with Gasteiger partial charge in [0.2, 0.25) is 5.91 Å². The summed E-state index contributed by atoms with van der Waals surface area (Å²) >= 11 is 1.62. The van der Waals surface area contributed by atoms with Crippen molar-refractivity contribution >= 4 is 34.8 Å². The van der Waals surface area contributed by atoms with Gasteiger partial charge in [-0.05, 0) is 31.6 Å². The first-order valence-electron chi connectivity index (χ1n) is 7.13. The molecule has 4 nitrogen and oxygen atoms in total. The lowest BCUT2D eigenvalue weighted by Crippen LogP contribution is -2.39. The summed E-state index contributed by atoms with van der Waals surface area (Å²) < 4.78 is 0. The average Bonchev–Trinajstić information content (AvgIpc) is 2.69. The molecule has 0 fully saturated rings. The molecule has 1 aliphatic rings. The van der Waals surface area contributed by atoms with E-state index in [4.69, 9.17) is 5.73 Å². The number of amides is 1. The van der Waals surface area contributed by atoms with E-state index in [9.17, 15) is 4.79 Å². The molecule has 0 saturated heterocycles. The van der Waals surface area contributed by atoms with E-state index in [2.05, 4.69) is 10.3 Å². The predicted octanol–water partition coefficient (Wildman–Crippen LogP) is 3.15. The summed E-state index contributed by atoms with van der Waals surface area (Å²) in [5, 5.41) is 3.58. The normalized spacial score (nSPS) is 16.6. The van der Waals surface area contributed by atoms with Crippen molar-refractivity contribution in [2.45, 2.75) is 58.4 Å². The number of nitrogens with one attached hydrogen (secondary N) is 1.